The minimum Gasteiger partial charge on any atom is -0.491 e. The van der Waals surface area contributed by atoms with E-state index in [-0.39, 0.29) is 18.2 Å². The summed E-state index contributed by atoms with van der Waals surface area (Å²) in [6.45, 7) is 0.493. The molecule has 0 aliphatic carbocycles. The fraction of sp³-hybridized carbons (Fsp3) is 0.188. The van der Waals surface area contributed by atoms with Crippen molar-refractivity contribution in [3.63, 3.8) is 0 Å². The fourth-order valence-corrected chi connectivity index (χ4v) is 1.80. The Labute approximate surface area is 125 Å². The Morgan fingerprint density at radius 2 is 1.65 bits per heavy atom. The fourth-order valence-electron chi connectivity index (χ4n) is 1.80. The smallest absolute Gasteiger partial charge is 0.163 e. The molecular weight excluding hydrogens is 274 g/mol. The SMILES string of the molecule is Cl.Nc1ccccc1OCCCC(=O)c1ccccc1. The minimum absolute atomic E-state index is 0. The number of carbonyl (C=O) groups excluding carboxylic acids is 1. The normalized spacial score (nSPS) is 9.60. The summed E-state index contributed by atoms with van der Waals surface area (Å²) in [4.78, 5) is 11.8. The second-order valence-electron chi connectivity index (χ2n) is 4.28. The number of rotatable bonds is 6. The number of hydrogen-bond acceptors (Lipinski definition) is 3. The van der Waals surface area contributed by atoms with Crippen molar-refractivity contribution in [2.75, 3.05) is 12.3 Å². The number of carbonyl (C=O) groups is 1. The molecule has 0 radical (unpaired) electrons. The van der Waals surface area contributed by atoms with Gasteiger partial charge in [0.05, 0.1) is 12.3 Å². The van der Waals surface area contributed by atoms with Crippen LogP contribution < -0.4 is 10.5 Å². The van der Waals surface area contributed by atoms with E-state index >= 15 is 0 Å². The molecule has 2 rings (SSSR count). The summed E-state index contributed by atoms with van der Waals surface area (Å²) >= 11 is 0. The predicted octanol–water partition coefficient (Wildman–Crippen LogP) is 3.73. The monoisotopic (exact) mass is 291 g/mol. The van der Waals surface area contributed by atoms with E-state index in [1.165, 1.54) is 0 Å². The number of hydrogen-bond donors (Lipinski definition) is 1. The number of para-hydroxylation sites is 2. The molecule has 2 aromatic carbocycles. The molecule has 0 saturated carbocycles. The van der Waals surface area contributed by atoms with E-state index in [9.17, 15) is 4.79 Å². The first-order valence-electron chi connectivity index (χ1n) is 6.33. The maximum atomic E-state index is 11.8. The molecule has 0 heterocycles. The highest BCUT2D eigenvalue weighted by Gasteiger charge is 2.05. The highest BCUT2D eigenvalue weighted by Crippen LogP contribution is 2.20. The van der Waals surface area contributed by atoms with Gasteiger partial charge in [0.1, 0.15) is 5.75 Å². The van der Waals surface area contributed by atoms with Crippen molar-refractivity contribution in [2.45, 2.75) is 12.8 Å². The van der Waals surface area contributed by atoms with Gasteiger partial charge in [-0.15, -0.1) is 12.4 Å². The lowest BCUT2D eigenvalue weighted by Gasteiger charge is -2.08. The summed E-state index contributed by atoms with van der Waals surface area (Å²) in [5, 5.41) is 0. The van der Waals surface area contributed by atoms with Gasteiger partial charge in [-0.1, -0.05) is 42.5 Å². The molecule has 0 aromatic heterocycles. The number of halogens is 1. The zero-order chi connectivity index (χ0) is 13.5. The Kier molecular flexibility index (Phi) is 6.60. The van der Waals surface area contributed by atoms with Crippen LogP contribution >= 0.6 is 12.4 Å². The van der Waals surface area contributed by atoms with E-state index in [2.05, 4.69) is 0 Å². The molecule has 2 aromatic rings. The van der Waals surface area contributed by atoms with Gasteiger partial charge in [0.25, 0.3) is 0 Å². The van der Waals surface area contributed by atoms with Crippen LogP contribution in [0.25, 0.3) is 0 Å². The number of ketones is 1. The third-order valence-electron chi connectivity index (χ3n) is 2.82. The largest absolute Gasteiger partial charge is 0.491 e. The second-order valence-corrected chi connectivity index (χ2v) is 4.28. The highest BCUT2D eigenvalue weighted by atomic mass is 35.5. The van der Waals surface area contributed by atoms with Crippen molar-refractivity contribution < 1.29 is 9.53 Å². The number of Topliss-reactive ketones (excluding diaryl/α,β-unsaturated/α-hetero) is 1. The highest BCUT2D eigenvalue weighted by molar-refractivity contribution is 5.95. The van der Waals surface area contributed by atoms with E-state index < -0.39 is 0 Å². The third kappa shape index (κ3) is 4.59. The quantitative estimate of drug-likeness (QED) is 0.501. The van der Waals surface area contributed by atoms with Gasteiger partial charge in [-0.25, -0.2) is 0 Å². The van der Waals surface area contributed by atoms with Crippen LogP contribution in [0, 0.1) is 0 Å². The van der Waals surface area contributed by atoms with Gasteiger partial charge in [0, 0.05) is 12.0 Å². The molecule has 0 aliphatic heterocycles. The predicted molar refractivity (Wildman–Crippen MR) is 83.6 cm³/mol. The van der Waals surface area contributed by atoms with Crippen molar-refractivity contribution in [3.05, 3.63) is 60.2 Å². The molecule has 3 nitrogen and oxygen atoms in total. The topological polar surface area (TPSA) is 52.3 Å². The van der Waals surface area contributed by atoms with Gasteiger partial charge in [-0.2, -0.15) is 0 Å². The van der Waals surface area contributed by atoms with E-state index in [1.807, 2.05) is 48.5 Å². The molecule has 0 atom stereocenters. The van der Waals surface area contributed by atoms with Crippen LogP contribution in [-0.4, -0.2) is 12.4 Å². The molecule has 0 amide bonds. The molecule has 0 fully saturated rings. The molecule has 106 valence electrons. The molecule has 0 bridgehead atoms. The number of ether oxygens (including phenoxy) is 1. The number of benzene rings is 2. The van der Waals surface area contributed by atoms with Gasteiger partial charge in [0.2, 0.25) is 0 Å². The number of nitrogens with two attached hydrogens (primary N) is 1. The van der Waals surface area contributed by atoms with Gasteiger partial charge in [0.15, 0.2) is 5.78 Å². The average Bonchev–Trinajstić information content (AvgIpc) is 2.46. The van der Waals surface area contributed by atoms with E-state index in [0.29, 0.717) is 30.9 Å². The summed E-state index contributed by atoms with van der Waals surface area (Å²) < 4.78 is 5.55. The van der Waals surface area contributed by atoms with Crippen LogP contribution in [0.1, 0.15) is 23.2 Å². The van der Waals surface area contributed by atoms with Crippen molar-refractivity contribution in [2.24, 2.45) is 0 Å². The van der Waals surface area contributed by atoms with Crippen LogP contribution in [0.3, 0.4) is 0 Å². The van der Waals surface area contributed by atoms with Gasteiger partial charge in [-0.3, -0.25) is 4.79 Å². The van der Waals surface area contributed by atoms with Crippen molar-refractivity contribution in [1.82, 2.24) is 0 Å². The Balaban J connectivity index is 0.00000200. The average molecular weight is 292 g/mol. The van der Waals surface area contributed by atoms with Gasteiger partial charge >= 0.3 is 0 Å². The first-order chi connectivity index (χ1) is 9.27. The molecule has 20 heavy (non-hydrogen) atoms. The molecule has 2 N–H and O–H groups in total. The molecule has 0 aliphatic rings. The number of anilines is 1. The van der Waals surface area contributed by atoms with Crippen molar-refractivity contribution in [1.29, 1.82) is 0 Å². The zero-order valence-electron chi connectivity index (χ0n) is 11.1. The summed E-state index contributed by atoms with van der Waals surface area (Å²) in [5.74, 6) is 0.819. The molecule has 0 spiro atoms. The van der Waals surface area contributed by atoms with E-state index in [1.54, 1.807) is 6.07 Å². The lowest BCUT2D eigenvalue weighted by Crippen LogP contribution is -2.04. The molecular formula is C16H18ClNO2. The van der Waals surface area contributed by atoms with Crippen LogP contribution in [-0.2, 0) is 0 Å². The maximum absolute atomic E-state index is 11.8. The summed E-state index contributed by atoms with van der Waals surface area (Å²) in [6, 6.07) is 16.7. The summed E-state index contributed by atoms with van der Waals surface area (Å²) in [5.41, 5.74) is 7.14. The number of nitrogen functional groups attached to an aromatic ring is 1. The maximum Gasteiger partial charge on any atom is 0.163 e. The lowest BCUT2D eigenvalue weighted by molar-refractivity contribution is 0.0973. The first kappa shape index (κ1) is 16.1. The zero-order valence-corrected chi connectivity index (χ0v) is 11.9. The standard InChI is InChI=1S/C16H17NO2.ClH/c17-14-9-4-5-11-16(14)19-12-6-10-15(18)13-7-2-1-3-8-13;/h1-5,7-9,11H,6,10,12,17H2;1H. The summed E-state index contributed by atoms with van der Waals surface area (Å²) in [6.07, 6.45) is 1.17. The Hall–Kier alpha value is -2.00. The Bertz CT molecular complexity index is 543. The first-order valence-corrected chi connectivity index (χ1v) is 6.33. The van der Waals surface area contributed by atoms with Gasteiger partial charge in [-0.05, 0) is 18.6 Å². The van der Waals surface area contributed by atoms with E-state index in [0.717, 1.165) is 5.56 Å². The molecule has 0 unspecified atom stereocenters. The van der Waals surface area contributed by atoms with Crippen LogP contribution in [0.15, 0.2) is 54.6 Å². The summed E-state index contributed by atoms with van der Waals surface area (Å²) in [7, 11) is 0. The third-order valence-corrected chi connectivity index (χ3v) is 2.82. The van der Waals surface area contributed by atoms with Crippen molar-refractivity contribution in [3.8, 4) is 5.75 Å². The second kappa shape index (κ2) is 8.23. The van der Waals surface area contributed by atoms with Crippen LogP contribution in [0.2, 0.25) is 0 Å². The van der Waals surface area contributed by atoms with Crippen molar-refractivity contribution >= 4 is 23.9 Å². The Morgan fingerprint density at radius 1 is 1.00 bits per heavy atom. The Morgan fingerprint density at radius 3 is 2.35 bits per heavy atom. The van der Waals surface area contributed by atoms with Crippen LogP contribution in [0.5, 0.6) is 5.75 Å². The molecule has 4 heteroatoms. The van der Waals surface area contributed by atoms with Gasteiger partial charge < -0.3 is 10.5 Å². The lowest BCUT2D eigenvalue weighted by atomic mass is 10.1. The van der Waals surface area contributed by atoms with E-state index in [4.69, 9.17) is 10.5 Å². The van der Waals surface area contributed by atoms with Crippen LogP contribution in [0.4, 0.5) is 5.69 Å². The molecule has 0 saturated heterocycles. The minimum atomic E-state index is 0.